The van der Waals surface area contributed by atoms with Crippen molar-refractivity contribution < 1.29 is 14.2 Å². The number of H-pyrrole nitrogens is 2. The highest BCUT2D eigenvalue weighted by molar-refractivity contribution is 5.96. The molecular weight excluding hydrogens is 464 g/mol. The first-order chi connectivity index (χ1) is 17.4. The van der Waals surface area contributed by atoms with Gasteiger partial charge in [0, 0.05) is 51.3 Å². The number of pyridine rings is 1. The summed E-state index contributed by atoms with van der Waals surface area (Å²) in [6.07, 6.45) is 5.18. The maximum atomic E-state index is 13.4. The van der Waals surface area contributed by atoms with Crippen LogP contribution in [0.25, 0.3) is 22.4 Å². The summed E-state index contributed by atoms with van der Waals surface area (Å²) in [5.41, 5.74) is 7.91. The molecule has 1 fully saturated rings. The number of rotatable bonds is 8. The third-order valence-corrected chi connectivity index (χ3v) is 6.26. The van der Waals surface area contributed by atoms with E-state index in [2.05, 4.69) is 35.2 Å². The fraction of sp³-hybridized carbons (Fsp3) is 0.292. The first kappa shape index (κ1) is 23.3. The van der Waals surface area contributed by atoms with E-state index in [4.69, 9.17) is 19.9 Å². The van der Waals surface area contributed by atoms with Crippen LogP contribution >= 0.6 is 0 Å². The van der Waals surface area contributed by atoms with Gasteiger partial charge in [-0.05, 0) is 6.07 Å². The molecule has 36 heavy (non-hydrogen) atoms. The molecule has 1 aromatic carbocycles. The molecule has 3 heterocycles. The average molecular weight is 491 g/mol. The molecule has 0 saturated heterocycles. The first-order valence-electron chi connectivity index (χ1n) is 11.1. The van der Waals surface area contributed by atoms with Crippen molar-refractivity contribution in [1.82, 2.24) is 24.9 Å². The van der Waals surface area contributed by atoms with Gasteiger partial charge in [0.2, 0.25) is 0 Å². The highest BCUT2D eigenvalue weighted by Gasteiger charge is 2.59. The van der Waals surface area contributed by atoms with Crippen molar-refractivity contribution in [3.05, 3.63) is 52.5 Å². The zero-order valence-corrected chi connectivity index (χ0v) is 20.2. The maximum Gasteiger partial charge on any atom is 0.261 e. The van der Waals surface area contributed by atoms with E-state index in [0.717, 1.165) is 0 Å². The van der Waals surface area contributed by atoms with Gasteiger partial charge in [0.05, 0.1) is 48.4 Å². The molecule has 1 aliphatic rings. The summed E-state index contributed by atoms with van der Waals surface area (Å²) in [6, 6.07) is 5.23. The minimum absolute atomic E-state index is 0.223. The number of aliphatic imine (C=N–C) groups is 1. The molecule has 5 rings (SSSR count). The lowest BCUT2D eigenvalue weighted by molar-refractivity contribution is 0.164. The SMILES string of the molecule is CN=Cc1[nH]c(=O)c(-c2nc3cc(OC)c(OC)cc3[nH]2)c(N[C@@]2(c3ncccn3)CC2OC)c1N. The summed E-state index contributed by atoms with van der Waals surface area (Å²) < 4.78 is 16.4. The summed E-state index contributed by atoms with van der Waals surface area (Å²) >= 11 is 0. The Labute approximate surface area is 206 Å². The molecule has 1 unspecified atom stereocenters. The second kappa shape index (κ2) is 8.96. The van der Waals surface area contributed by atoms with Gasteiger partial charge in [-0.15, -0.1) is 0 Å². The number of methoxy groups -OCH3 is 3. The Balaban J connectivity index is 1.71. The lowest BCUT2D eigenvalue weighted by Gasteiger charge is -2.22. The maximum absolute atomic E-state index is 13.4. The van der Waals surface area contributed by atoms with Crippen molar-refractivity contribution in [3.8, 4) is 22.9 Å². The number of nitrogens with one attached hydrogen (secondary N) is 3. The van der Waals surface area contributed by atoms with Gasteiger partial charge in [-0.25, -0.2) is 15.0 Å². The van der Waals surface area contributed by atoms with E-state index in [1.54, 1.807) is 59.0 Å². The smallest absolute Gasteiger partial charge is 0.261 e. The fourth-order valence-corrected chi connectivity index (χ4v) is 4.37. The Morgan fingerprint density at radius 3 is 2.53 bits per heavy atom. The topological polar surface area (TPSA) is 165 Å². The van der Waals surface area contributed by atoms with Crippen LogP contribution in [0, 0.1) is 0 Å². The van der Waals surface area contributed by atoms with Crippen molar-refractivity contribution in [3.63, 3.8) is 0 Å². The number of aromatic amines is 2. The fourth-order valence-electron chi connectivity index (χ4n) is 4.37. The summed E-state index contributed by atoms with van der Waals surface area (Å²) in [5.74, 6) is 1.90. The van der Waals surface area contributed by atoms with Crippen LogP contribution in [0.1, 0.15) is 17.9 Å². The molecule has 186 valence electrons. The van der Waals surface area contributed by atoms with Crippen LogP contribution in [0.2, 0.25) is 0 Å². The van der Waals surface area contributed by atoms with Crippen LogP contribution in [-0.4, -0.2) is 65.6 Å². The van der Waals surface area contributed by atoms with E-state index in [1.807, 2.05) is 0 Å². The zero-order valence-electron chi connectivity index (χ0n) is 20.2. The van der Waals surface area contributed by atoms with Crippen molar-refractivity contribution in [2.75, 3.05) is 39.4 Å². The summed E-state index contributed by atoms with van der Waals surface area (Å²) in [4.78, 5) is 37.0. The molecule has 5 N–H and O–H groups in total. The van der Waals surface area contributed by atoms with Gasteiger partial charge in [-0.3, -0.25) is 9.79 Å². The van der Waals surface area contributed by atoms with Gasteiger partial charge in [0.1, 0.15) is 16.9 Å². The number of hydrogen-bond acceptors (Lipinski definition) is 10. The molecule has 12 nitrogen and oxygen atoms in total. The number of hydrogen-bond donors (Lipinski definition) is 4. The molecule has 3 aromatic heterocycles. The predicted molar refractivity (Wildman–Crippen MR) is 136 cm³/mol. The average Bonchev–Trinajstić information content (AvgIpc) is 3.47. The molecule has 2 atom stereocenters. The molecule has 0 aliphatic heterocycles. The van der Waals surface area contributed by atoms with Gasteiger partial charge < -0.3 is 35.2 Å². The van der Waals surface area contributed by atoms with Crippen LogP contribution in [0.4, 0.5) is 11.4 Å². The first-order valence-corrected chi connectivity index (χ1v) is 11.1. The van der Waals surface area contributed by atoms with Crippen molar-refractivity contribution in [2.45, 2.75) is 18.1 Å². The quantitative estimate of drug-likeness (QED) is 0.271. The largest absolute Gasteiger partial charge is 0.493 e. The normalized spacial score (nSPS) is 19.1. The van der Waals surface area contributed by atoms with Gasteiger partial charge >= 0.3 is 0 Å². The highest BCUT2D eigenvalue weighted by atomic mass is 16.5. The molecule has 0 bridgehead atoms. The second-order valence-electron chi connectivity index (χ2n) is 8.33. The number of nitrogen functional groups attached to an aromatic ring is 1. The number of aromatic nitrogens is 5. The Kier molecular flexibility index (Phi) is 5.80. The lowest BCUT2D eigenvalue weighted by atomic mass is 10.1. The van der Waals surface area contributed by atoms with Crippen LogP contribution in [0.5, 0.6) is 11.5 Å². The third kappa shape index (κ3) is 3.71. The van der Waals surface area contributed by atoms with E-state index in [-0.39, 0.29) is 11.7 Å². The number of ether oxygens (including phenoxy) is 3. The standard InChI is InChI=1S/C24H26N8O4/c1-26-11-14-19(25)20(32-24(10-17(24)36-4)23-27-6-5-7-28-23)18(22(33)31-14)21-29-12-8-15(34-2)16(35-3)9-13(12)30-21/h5-9,11,17H,10,25H2,1-4H3,(H,29,30)(H2,31,32,33)/t17?,24-/m0/s1. The van der Waals surface area contributed by atoms with Crippen LogP contribution < -0.4 is 26.1 Å². The van der Waals surface area contributed by atoms with E-state index in [1.165, 1.54) is 6.21 Å². The van der Waals surface area contributed by atoms with E-state index in [9.17, 15) is 4.79 Å². The summed E-state index contributed by atoms with van der Waals surface area (Å²) in [5, 5.41) is 3.45. The van der Waals surface area contributed by atoms with Gasteiger partial charge in [0.15, 0.2) is 17.3 Å². The van der Waals surface area contributed by atoms with E-state index in [0.29, 0.717) is 57.7 Å². The van der Waals surface area contributed by atoms with Crippen molar-refractivity contribution in [1.29, 1.82) is 0 Å². The second-order valence-corrected chi connectivity index (χ2v) is 8.33. The van der Waals surface area contributed by atoms with Crippen LogP contribution in [0.15, 0.2) is 40.4 Å². The molecule has 0 radical (unpaired) electrons. The summed E-state index contributed by atoms with van der Waals surface area (Å²) in [6.45, 7) is 0. The Bertz CT molecular complexity index is 1470. The Morgan fingerprint density at radius 1 is 1.17 bits per heavy atom. The molecular formula is C24H26N8O4. The number of benzene rings is 1. The molecule has 4 aromatic rings. The third-order valence-electron chi connectivity index (χ3n) is 6.26. The van der Waals surface area contributed by atoms with Gasteiger partial charge in [-0.2, -0.15) is 0 Å². The number of fused-ring (bicyclic) bond motifs is 1. The van der Waals surface area contributed by atoms with Gasteiger partial charge in [0.25, 0.3) is 5.56 Å². The minimum atomic E-state index is -0.772. The van der Waals surface area contributed by atoms with E-state index >= 15 is 0 Å². The number of anilines is 2. The molecule has 1 saturated carbocycles. The highest BCUT2D eigenvalue weighted by Crippen LogP contribution is 2.50. The Morgan fingerprint density at radius 2 is 1.89 bits per heavy atom. The number of nitrogens with zero attached hydrogens (tertiary/aromatic N) is 4. The molecule has 0 spiro atoms. The number of nitrogens with two attached hydrogens (primary N) is 1. The lowest BCUT2D eigenvalue weighted by Crippen LogP contribution is -2.30. The van der Waals surface area contributed by atoms with Gasteiger partial charge in [-0.1, -0.05) is 0 Å². The minimum Gasteiger partial charge on any atom is -0.493 e. The molecule has 0 amide bonds. The zero-order chi connectivity index (χ0) is 25.4. The van der Waals surface area contributed by atoms with Crippen LogP contribution in [0.3, 0.4) is 0 Å². The van der Waals surface area contributed by atoms with Crippen LogP contribution in [-0.2, 0) is 10.3 Å². The molecule has 12 heteroatoms. The Hall–Kier alpha value is -4.45. The van der Waals surface area contributed by atoms with Crippen molar-refractivity contribution in [2.24, 2.45) is 4.99 Å². The van der Waals surface area contributed by atoms with E-state index < -0.39 is 11.1 Å². The summed E-state index contributed by atoms with van der Waals surface area (Å²) in [7, 11) is 6.31. The predicted octanol–water partition coefficient (Wildman–Crippen LogP) is 2.08. The number of imidazole rings is 1. The monoisotopic (exact) mass is 490 g/mol. The van der Waals surface area contributed by atoms with Crippen molar-refractivity contribution >= 4 is 28.6 Å². The molecule has 1 aliphatic carbocycles.